The number of rotatable bonds is 4. The molecule has 8 heteroatoms. The van der Waals surface area contributed by atoms with Gasteiger partial charge in [0.05, 0.1) is 10.9 Å². The van der Waals surface area contributed by atoms with Gasteiger partial charge >= 0.3 is 0 Å². The van der Waals surface area contributed by atoms with Crippen molar-refractivity contribution in [1.29, 1.82) is 0 Å². The fourth-order valence-corrected chi connectivity index (χ4v) is 3.87. The lowest BCUT2D eigenvalue weighted by Crippen LogP contribution is -2.48. The fraction of sp³-hybridized carbons (Fsp3) is 0.385. The number of benzene rings is 1. The van der Waals surface area contributed by atoms with Gasteiger partial charge in [-0.2, -0.15) is 4.31 Å². The van der Waals surface area contributed by atoms with Crippen LogP contribution in [0, 0.1) is 6.92 Å². The summed E-state index contributed by atoms with van der Waals surface area (Å²) in [5.41, 5.74) is 0.295. The average Bonchev–Trinajstić information content (AvgIpc) is 2.47. The monoisotopic (exact) mass is 311 g/mol. The van der Waals surface area contributed by atoms with Gasteiger partial charge in [0, 0.05) is 26.2 Å². The van der Waals surface area contributed by atoms with Crippen molar-refractivity contribution in [2.45, 2.75) is 11.8 Å². The topological polar surface area (TPSA) is 97.8 Å². The van der Waals surface area contributed by atoms with Crippen molar-refractivity contribution in [1.82, 2.24) is 9.21 Å². The summed E-state index contributed by atoms with van der Waals surface area (Å²) < 4.78 is 26.4. The molecular weight excluding hydrogens is 296 g/mol. The van der Waals surface area contributed by atoms with E-state index in [9.17, 15) is 23.1 Å². The summed E-state index contributed by atoms with van der Waals surface area (Å²) in [7, 11) is -3.78. The number of amides is 1. The van der Waals surface area contributed by atoms with E-state index >= 15 is 0 Å². The zero-order valence-electron chi connectivity index (χ0n) is 11.5. The normalized spacial score (nSPS) is 16.7. The number of nitrogens with zero attached hydrogens (tertiary/aromatic N) is 2. The number of hydrogen-bond acceptors (Lipinski definition) is 5. The number of carboxylic acid groups (broad SMARTS) is 1. The maximum atomic E-state index is 12.6. The molecule has 0 aromatic heterocycles. The van der Waals surface area contributed by atoms with Crippen LogP contribution in [0.1, 0.15) is 15.9 Å². The van der Waals surface area contributed by atoms with Crippen molar-refractivity contribution >= 4 is 22.4 Å². The van der Waals surface area contributed by atoms with E-state index in [0.717, 1.165) is 6.07 Å². The van der Waals surface area contributed by atoms with E-state index in [1.165, 1.54) is 21.3 Å². The van der Waals surface area contributed by atoms with E-state index in [2.05, 4.69) is 0 Å². The Labute approximate surface area is 122 Å². The Balaban J connectivity index is 2.34. The van der Waals surface area contributed by atoms with Crippen LogP contribution < -0.4 is 5.11 Å². The second kappa shape index (κ2) is 5.82. The molecule has 1 heterocycles. The maximum absolute atomic E-state index is 12.6. The molecule has 2 rings (SSSR count). The molecule has 1 aliphatic heterocycles. The van der Waals surface area contributed by atoms with Crippen molar-refractivity contribution in [3.63, 3.8) is 0 Å². The van der Waals surface area contributed by atoms with Crippen LogP contribution in [0.25, 0.3) is 0 Å². The Kier molecular flexibility index (Phi) is 4.29. The quantitative estimate of drug-likeness (QED) is 0.652. The van der Waals surface area contributed by atoms with E-state index in [4.69, 9.17) is 0 Å². The zero-order valence-corrected chi connectivity index (χ0v) is 12.3. The Morgan fingerprint density at radius 3 is 2.38 bits per heavy atom. The zero-order chi connectivity index (χ0) is 15.6. The molecule has 0 atom stereocenters. The third kappa shape index (κ3) is 3.06. The number of aromatic carboxylic acids is 1. The number of sulfonamides is 1. The van der Waals surface area contributed by atoms with Gasteiger partial charge in [0.25, 0.3) is 0 Å². The predicted octanol–water partition coefficient (Wildman–Crippen LogP) is -1.18. The van der Waals surface area contributed by atoms with Crippen LogP contribution >= 0.6 is 0 Å². The smallest absolute Gasteiger partial charge is 0.243 e. The van der Waals surface area contributed by atoms with E-state index in [1.54, 1.807) is 6.92 Å². The van der Waals surface area contributed by atoms with Crippen LogP contribution in [0.2, 0.25) is 0 Å². The lowest BCUT2D eigenvalue weighted by molar-refractivity contribution is -0.255. The molecule has 0 bridgehead atoms. The van der Waals surface area contributed by atoms with Crippen LogP contribution in [0.5, 0.6) is 0 Å². The number of carbonyl (C=O) groups excluding carboxylic acids is 2. The summed E-state index contributed by atoms with van der Waals surface area (Å²) in [6.45, 7) is 2.63. The van der Waals surface area contributed by atoms with Gasteiger partial charge in [-0.1, -0.05) is 12.1 Å². The molecule has 0 aliphatic carbocycles. The molecule has 0 unspecified atom stereocenters. The number of hydrogen-bond donors (Lipinski definition) is 0. The van der Waals surface area contributed by atoms with E-state index in [-0.39, 0.29) is 23.5 Å². The van der Waals surface area contributed by atoms with Crippen molar-refractivity contribution in [3.05, 3.63) is 29.3 Å². The maximum Gasteiger partial charge on any atom is 0.243 e. The number of carboxylic acids is 1. The van der Waals surface area contributed by atoms with Gasteiger partial charge in [-0.3, -0.25) is 4.79 Å². The first-order valence-electron chi connectivity index (χ1n) is 6.38. The first-order valence-corrected chi connectivity index (χ1v) is 7.82. The Morgan fingerprint density at radius 1 is 1.24 bits per heavy atom. The molecule has 21 heavy (non-hydrogen) atoms. The van der Waals surface area contributed by atoms with Crippen LogP contribution in [0.3, 0.4) is 0 Å². The molecule has 1 aromatic carbocycles. The van der Waals surface area contributed by atoms with Gasteiger partial charge in [0.1, 0.15) is 0 Å². The molecule has 7 nitrogen and oxygen atoms in total. The standard InChI is InChI=1S/C13H16N2O5S/c1-10-2-3-11(13(17)18)8-12(10)21(19,20)15-6-4-14(9-16)5-7-15/h2-3,8-9H,4-7H2,1H3,(H,17,18)/p-1. The van der Waals surface area contributed by atoms with Crippen molar-refractivity contribution < 1.29 is 23.1 Å². The molecular formula is C13H15N2O5S-. The molecule has 1 aliphatic rings. The van der Waals surface area contributed by atoms with Gasteiger partial charge in [0.15, 0.2) is 0 Å². The van der Waals surface area contributed by atoms with Gasteiger partial charge in [-0.05, 0) is 24.1 Å². The SMILES string of the molecule is Cc1ccc(C(=O)[O-])cc1S(=O)(=O)N1CCN(C=O)CC1. The first kappa shape index (κ1) is 15.5. The second-order valence-corrected chi connectivity index (χ2v) is 6.72. The van der Waals surface area contributed by atoms with Gasteiger partial charge in [-0.15, -0.1) is 0 Å². The van der Waals surface area contributed by atoms with Gasteiger partial charge in [0.2, 0.25) is 16.4 Å². The predicted molar refractivity (Wildman–Crippen MR) is 71.9 cm³/mol. The number of piperazine rings is 1. The van der Waals surface area contributed by atoms with E-state index in [1.807, 2.05) is 0 Å². The van der Waals surface area contributed by atoms with E-state index in [0.29, 0.717) is 25.1 Å². The van der Waals surface area contributed by atoms with Crippen molar-refractivity contribution in [2.75, 3.05) is 26.2 Å². The van der Waals surface area contributed by atoms with E-state index < -0.39 is 16.0 Å². The first-order chi connectivity index (χ1) is 9.86. The summed E-state index contributed by atoms with van der Waals surface area (Å²) in [5, 5.41) is 10.9. The molecule has 1 aromatic rings. The lowest BCUT2D eigenvalue weighted by atomic mass is 10.1. The van der Waals surface area contributed by atoms with Crippen LogP contribution in [0.4, 0.5) is 0 Å². The fourth-order valence-electron chi connectivity index (χ4n) is 2.19. The minimum absolute atomic E-state index is 0.0382. The molecule has 0 N–H and O–H groups in total. The molecule has 0 spiro atoms. The summed E-state index contributed by atoms with van der Waals surface area (Å²) in [6.07, 6.45) is 0.686. The summed E-state index contributed by atoms with van der Waals surface area (Å²) in [6, 6.07) is 3.87. The Morgan fingerprint density at radius 2 is 1.86 bits per heavy atom. The largest absolute Gasteiger partial charge is 0.545 e. The van der Waals surface area contributed by atoms with Gasteiger partial charge < -0.3 is 14.8 Å². The van der Waals surface area contributed by atoms with Crippen LogP contribution in [0.15, 0.2) is 23.1 Å². The highest BCUT2D eigenvalue weighted by Crippen LogP contribution is 2.22. The third-order valence-corrected chi connectivity index (χ3v) is 5.50. The highest BCUT2D eigenvalue weighted by atomic mass is 32.2. The number of aryl methyl sites for hydroxylation is 1. The van der Waals surface area contributed by atoms with Crippen molar-refractivity contribution in [3.8, 4) is 0 Å². The minimum Gasteiger partial charge on any atom is -0.545 e. The average molecular weight is 311 g/mol. The summed E-state index contributed by atoms with van der Waals surface area (Å²) in [4.78, 5) is 23.0. The molecule has 0 radical (unpaired) electrons. The van der Waals surface area contributed by atoms with Crippen molar-refractivity contribution in [2.24, 2.45) is 0 Å². The molecule has 0 saturated carbocycles. The van der Waals surface area contributed by atoms with Crippen LogP contribution in [-0.4, -0.2) is 56.2 Å². The molecule has 1 saturated heterocycles. The minimum atomic E-state index is -3.78. The third-order valence-electron chi connectivity index (χ3n) is 3.46. The molecule has 1 amide bonds. The highest BCUT2D eigenvalue weighted by Gasteiger charge is 2.29. The summed E-state index contributed by atoms with van der Waals surface area (Å²) in [5.74, 6) is -1.42. The number of carbonyl (C=O) groups is 2. The Bertz CT molecular complexity index is 663. The summed E-state index contributed by atoms with van der Waals surface area (Å²) >= 11 is 0. The second-order valence-electron chi connectivity index (χ2n) is 4.81. The molecule has 114 valence electrons. The molecule has 1 fully saturated rings. The van der Waals surface area contributed by atoms with Gasteiger partial charge in [-0.25, -0.2) is 8.42 Å². The van der Waals surface area contributed by atoms with Crippen LogP contribution in [-0.2, 0) is 14.8 Å². The highest BCUT2D eigenvalue weighted by molar-refractivity contribution is 7.89. The lowest BCUT2D eigenvalue weighted by Gasteiger charge is -2.32. The Hall–Kier alpha value is -1.93.